The first-order valence-corrected chi connectivity index (χ1v) is 5.74. The van der Waals surface area contributed by atoms with Gasteiger partial charge in [-0.1, -0.05) is 0 Å². The van der Waals surface area contributed by atoms with Crippen molar-refractivity contribution < 1.29 is 4.74 Å². The quantitative estimate of drug-likeness (QED) is 0.719. The fraction of sp³-hybridized carbons (Fsp3) is 1.00. The highest BCUT2D eigenvalue weighted by Gasteiger charge is 2.36. The normalized spacial score (nSPS) is 37.9. The Morgan fingerprint density at radius 2 is 1.86 bits per heavy atom. The van der Waals surface area contributed by atoms with Gasteiger partial charge in [-0.25, -0.2) is 0 Å². The Hall–Kier alpha value is -0.120. The highest BCUT2D eigenvalue weighted by molar-refractivity contribution is 4.96. The van der Waals surface area contributed by atoms with Crippen molar-refractivity contribution in [2.75, 3.05) is 19.6 Å². The van der Waals surface area contributed by atoms with Crippen LogP contribution in [-0.4, -0.2) is 42.3 Å². The van der Waals surface area contributed by atoms with E-state index in [1.54, 1.807) is 0 Å². The SMILES string of the molecule is CC1CN(CC2(N)CCC2)CC(C)O1. The van der Waals surface area contributed by atoms with Gasteiger partial charge in [0, 0.05) is 25.2 Å². The van der Waals surface area contributed by atoms with Crippen molar-refractivity contribution in [2.24, 2.45) is 5.73 Å². The summed E-state index contributed by atoms with van der Waals surface area (Å²) in [4.78, 5) is 2.47. The zero-order valence-electron chi connectivity index (χ0n) is 9.33. The molecule has 0 amide bonds. The summed E-state index contributed by atoms with van der Waals surface area (Å²) in [7, 11) is 0. The molecule has 1 saturated heterocycles. The first-order chi connectivity index (χ1) is 6.57. The van der Waals surface area contributed by atoms with Crippen LogP contribution in [-0.2, 0) is 4.74 Å². The number of hydrogen-bond acceptors (Lipinski definition) is 3. The molecule has 2 N–H and O–H groups in total. The predicted molar refractivity (Wildman–Crippen MR) is 57.2 cm³/mol. The molecule has 0 radical (unpaired) electrons. The smallest absolute Gasteiger partial charge is 0.0678 e. The Morgan fingerprint density at radius 3 is 2.29 bits per heavy atom. The van der Waals surface area contributed by atoms with E-state index in [2.05, 4.69) is 18.7 Å². The van der Waals surface area contributed by atoms with Crippen LogP contribution in [0.25, 0.3) is 0 Å². The Bertz CT molecular complexity index is 193. The molecule has 1 heterocycles. The van der Waals surface area contributed by atoms with Crippen LogP contribution in [0.1, 0.15) is 33.1 Å². The average molecular weight is 198 g/mol. The molecule has 2 rings (SSSR count). The molecule has 1 aliphatic heterocycles. The maximum atomic E-state index is 6.24. The highest BCUT2D eigenvalue weighted by Crippen LogP contribution is 2.30. The molecular weight excluding hydrogens is 176 g/mol. The molecule has 0 bridgehead atoms. The van der Waals surface area contributed by atoms with Crippen LogP contribution in [0.5, 0.6) is 0 Å². The molecule has 0 aromatic heterocycles. The molecule has 2 atom stereocenters. The van der Waals surface area contributed by atoms with Gasteiger partial charge in [0.05, 0.1) is 12.2 Å². The van der Waals surface area contributed by atoms with Gasteiger partial charge in [0.2, 0.25) is 0 Å². The fourth-order valence-corrected chi connectivity index (χ4v) is 2.65. The summed E-state index contributed by atoms with van der Waals surface area (Å²) in [6.07, 6.45) is 4.44. The van der Waals surface area contributed by atoms with Gasteiger partial charge in [-0.05, 0) is 33.1 Å². The summed E-state index contributed by atoms with van der Waals surface area (Å²) in [5.74, 6) is 0. The Morgan fingerprint density at radius 1 is 1.29 bits per heavy atom. The second-order valence-electron chi connectivity index (χ2n) is 5.17. The second-order valence-corrected chi connectivity index (χ2v) is 5.17. The van der Waals surface area contributed by atoms with Crippen LogP contribution in [0.3, 0.4) is 0 Å². The molecule has 82 valence electrons. The molecule has 2 fully saturated rings. The van der Waals surface area contributed by atoms with E-state index in [1.807, 2.05) is 0 Å². The van der Waals surface area contributed by atoms with Gasteiger partial charge in [0.15, 0.2) is 0 Å². The first-order valence-electron chi connectivity index (χ1n) is 5.74. The van der Waals surface area contributed by atoms with Crippen LogP contribution in [0.15, 0.2) is 0 Å². The predicted octanol–water partition coefficient (Wildman–Crippen LogP) is 0.977. The topological polar surface area (TPSA) is 38.5 Å². The number of rotatable bonds is 2. The third-order valence-electron chi connectivity index (χ3n) is 3.38. The summed E-state index contributed by atoms with van der Waals surface area (Å²) >= 11 is 0. The van der Waals surface area contributed by atoms with E-state index < -0.39 is 0 Å². The highest BCUT2D eigenvalue weighted by atomic mass is 16.5. The molecule has 3 heteroatoms. The lowest BCUT2D eigenvalue weighted by molar-refractivity contribution is -0.0759. The van der Waals surface area contributed by atoms with E-state index in [0.29, 0.717) is 12.2 Å². The number of ether oxygens (including phenoxy) is 1. The van der Waals surface area contributed by atoms with Gasteiger partial charge < -0.3 is 10.5 Å². The monoisotopic (exact) mass is 198 g/mol. The molecule has 0 aromatic carbocycles. The van der Waals surface area contributed by atoms with Gasteiger partial charge in [-0.2, -0.15) is 0 Å². The van der Waals surface area contributed by atoms with Crippen LogP contribution in [0, 0.1) is 0 Å². The van der Waals surface area contributed by atoms with Gasteiger partial charge in [0.1, 0.15) is 0 Å². The van der Waals surface area contributed by atoms with Crippen LogP contribution < -0.4 is 5.73 Å². The van der Waals surface area contributed by atoms with Crippen LogP contribution in [0.4, 0.5) is 0 Å². The van der Waals surface area contributed by atoms with Crippen molar-refractivity contribution in [3.63, 3.8) is 0 Å². The zero-order valence-corrected chi connectivity index (χ0v) is 9.33. The summed E-state index contributed by atoms with van der Waals surface area (Å²) in [6.45, 7) is 7.44. The molecule has 0 aromatic rings. The minimum atomic E-state index is 0.122. The van der Waals surface area contributed by atoms with E-state index in [-0.39, 0.29) is 5.54 Å². The minimum Gasteiger partial charge on any atom is -0.373 e. The summed E-state index contributed by atoms with van der Waals surface area (Å²) < 4.78 is 5.70. The summed E-state index contributed by atoms with van der Waals surface area (Å²) in [5.41, 5.74) is 6.36. The Balaban J connectivity index is 1.84. The van der Waals surface area contributed by atoms with E-state index in [1.165, 1.54) is 19.3 Å². The first kappa shape index (κ1) is 10.4. The standard InChI is InChI=1S/C11H22N2O/c1-9-6-13(7-10(2)14-9)8-11(12)4-3-5-11/h9-10H,3-8,12H2,1-2H3. The third kappa shape index (κ3) is 2.27. The molecule has 3 nitrogen and oxygen atoms in total. The van der Waals surface area contributed by atoms with E-state index in [0.717, 1.165) is 19.6 Å². The maximum Gasteiger partial charge on any atom is 0.0678 e. The summed E-state index contributed by atoms with van der Waals surface area (Å²) in [5, 5.41) is 0. The van der Waals surface area contributed by atoms with Gasteiger partial charge in [-0.3, -0.25) is 4.90 Å². The Labute approximate surface area is 86.6 Å². The van der Waals surface area contributed by atoms with Crippen molar-refractivity contribution in [1.82, 2.24) is 4.90 Å². The van der Waals surface area contributed by atoms with Gasteiger partial charge in [0.25, 0.3) is 0 Å². The van der Waals surface area contributed by atoms with Crippen molar-refractivity contribution in [2.45, 2.75) is 50.9 Å². The fourth-order valence-electron chi connectivity index (χ4n) is 2.65. The maximum absolute atomic E-state index is 6.24. The largest absolute Gasteiger partial charge is 0.373 e. The lowest BCUT2D eigenvalue weighted by Gasteiger charge is -2.45. The lowest BCUT2D eigenvalue weighted by atomic mass is 9.77. The van der Waals surface area contributed by atoms with E-state index in [9.17, 15) is 0 Å². The second kappa shape index (κ2) is 3.80. The number of nitrogens with two attached hydrogens (primary N) is 1. The summed E-state index contributed by atoms with van der Waals surface area (Å²) in [6, 6.07) is 0. The molecule has 1 aliphatic carbocycles. The molecule has 0 spiro atoms. The zero-order chi connectivity index (χ0) is 10.2. The molecule has 2 unspecified atom stereocenters. The number of nitrogens with zero attached hydrogens (tertiary/aromatic N) is 1. The van der Waals surface area contributed by atoms with E-state index >= 15 is 0 Å². The average Bonchev–Trinajstić information content (AvgIpc) is 1.99. The van der Waals surface area contributed by atoms with Crippen LogP contribution >= 0.6 is 0 Å². The molecule has 2 aliphatic rings. The van der Waals surface area contributed by atoms with Crippen molar-refractivity contribution >= 4 is 0 Å². The van der Waals surface area contributed by atoms with Gasteiger partial charge in [-0.15, -0.1) is 0 Å². The number of morpholine rings is 1. The molecular formula is C11H22N2O. The van der Waals surface area contributed by atoms with E-state index in [4.69, 9.17) is 10.5 Å². The Kier molecular flexibility index (Phi) is 2.82. The van der Waals surface area contributed by atoms with Crippen molar-refractivity contribution in [1.29, 1.82) is 0 Å². The molecule has 1 saturated carbocycles. The van der Waals surface area contributed by atoms with Gasteiger partial charge >= 0.3 is 0 Å². The number of hydrogen-bond donors (Lipinski definition) is 1. The molecule has 14 heavy (non-hydrogen) atoms. The van der Waals surface area contributed by atoms with Crippen molar-refractivity contribution in [3.05, 3.63) is 0 Å². The van der Waals surface area contributed by atoms with Crippen molar-refractivity contribution in [3.8, 4) is 0 Å². The van der Waals surface area contributed by atoms with Crippen LogP contribution in [0.2, 0.25) is 0 Å². The minimum absolute atomic E-state index is 0.122. The third-order valence-corrected chi connectivity index (χ3v) is 3.38. The lowest BCUT2D eigenvalue weighted by Crippen LogP contribution is -2.58.